The van der Waals surface area contributed by atoms with Gasteiger partial charge in [0.15, 0.2) is 0 Å². The van der Waals surface area contributed by atoms with Crippen LogP contribution in [0.1, 0.15) is 13.3 Å². The van der Waals surface area contributed by atoms with Gasteiger partial charge in [0.05, 0.1) is 5.38 Å². The highest BCUT2D eigenvalue weighted by molar-refractivity contribution is 6.22. The van der Waals surface area contributed by atoms with Crippen LogP contribution in [-0.2, 0) is 4.79 Å². The number of amides is 1. The molecule has 0 saturated carbocycles. The molecule has 76 valence electrons. The Morgan fingerprint density at radius 2 is 2.15 bits per heavy atom. The lowest BCUT2D eigenvalue weighted by molar-refractivity contribution is -0.182. The van der Waals surface area contributed by atoms with Crippen LogP contribution in [0.15, 0.2) is 0 Å². The first kappa shape index (κ1) is 10.6. The van der Waals surface area contributed by atoms with Crippen molar-refractivity contribution in [2.75, 3.05) is 6.54 Å². The van der Waals surface area contributed by atoms with Crippen LogP contribution in [0.2, 0.25) is 0 Å². The normalized spacial score (nSPS) is 26.7. The molecule has 13 heavy (non-hydrogen) atoms. The molecule has 6 heteroatoms. The highest BCUT2D eigenvalue weighted by atomic mass is 35.5. The lowest BCUT2D eigenvalue weighted by Gasteiger charge is -2.26. The van der Waals surface area contributed by atoms with E-state index in [2.05, 4.69) is 0 Å². The summed E-state index contributed by atoms with van der Waals surface area (Å²) in [6, 6.07) is -1.73. The average molecular weight is 216 g/mol. The topological polar surface area (TPSA) is 20.3 Å². The van der Waals surface area contributed by atoms with Crippen LogP contribution >= 0.6 is 11.6 Å². The molecular weight excluding hydrogens is 207 g/mol. The lowest BCUT2D eigenvalue weighted by Crippen LogP contribution is -2.44. The maximum atomic E-state index is 12.2. The fourth-order valence-electron chi connectivity index (χ4n) is 1.24. The van der Waals surface area contributed by atoms with Crippen LogP contribution < -0.4 is 0 Å². The summed E-state index contributed by atoms with van der Waals surface area (Å²) in [7, 11) is 0. The second kappa shape index (κ2) is 3.36. The Morgan fingerprint density at radius 1 is 1.62 bits per heavy atom. The third kappa shape index (κ3) is 2.27. The highest BCUT2D eigenvalue weighted by Gasteiger charge is 2.45. The van der Waals surface area contributed by atoms with Crippen molar-refractivity contribution in [1.82, 2.24) is 4.90 Å². The maximum absolute atomic E-state index is 12.2. The number of nitrogens with zero attached hydrogens (tertiary/aromatic N) is 1. The summed E-state index contributed by atoms with van der Waals surface area (Å²) in [4.78, 5) is 11.8. The quantitative estimate of drug-likeness (QED) is 0.611. The van der Waals surface area contributed by atoms with Gasteiger partial charge < -0.3 is 4.90 Å². The van der Waals surface area contributed by atoms with E-state index >= 15 is 0 Å². The van der Waals surface area contributed by atoms with Gasteiger partial charge in [-0.3, -0.25) is 4.79 Å². The highest BCUT2D eigenvalue weighted by Crippen LogP contribution is 2.28. The zero-order valence-corrected chi connectivity index (χ0v) is 7.69. The van der Waals surface area contributed by atoms with Crippen molar-refractivity contribution in [1.29, 1.82) is 0 Å². The van der Waals surface area contributed by atoms with Crippen LogP contribution in [0.25, 0.3) is 0 Å². The van der Waals surface area contributed by atoms with Gasteiger partial charge in [0.1, 0.15) is 6.04 Å². The fourth-order valence-corrected chi connectivity index (χ4v) is 1.52. The molecule has 0 aromatic carbocycles. The standard InChI is InChI=1S/C7H9ClF3NO/c1-4(7(9,10)11)12-3-5(8)2-6(12)13/h4-5H,2-3H2,1H3. The molecule has 0 N–H and O–H groups in total. The van der Waals surface area contributed by atoms with Gasteiger partial charge in [-0.25, -0.2) is 0 Å². The van der Waals surface area contributed by atoms with Gasteiger partial charge >= 0.3 is 6.18 Å². The van der Waals surface area contributed by atoms with Crippen LogP contribution in [0, 0.1) is 0 Å². The molecule has 0 aliphatic carbocycles. The monoisotopic (exact) mass is 215 g/mol. The van der Waals surface area contributed by atoms with E-state index in [4.69, 9.17) is 11.6 Å². The molecule has 1 fully saturated rings. The summed E-state index contributed by atoms with van der Waals surface area (Å²) in [5.41, 5.74) is 0. The Hall–Kier alpha value is -0.450. The number of alkyl halides is 4. The molecule has 1 aliphatic rings. The third-order valence-electron chi connectivity index (χ3n) is 2.05. The minimum absolute atomic E-state index is 0.00196. The van der Waals surface area contributed by atoms with Crippen molar-refractivity contribution < 1.29 is 18.0 Å². The molecule has 1 rings (SSSR count). The van der Waals surface area contributed by atoms with Gasteiger partial charge in [0.25, 0.3) is 0 Å². The Balaban J connectivity index is 2.68. The lowest BCUT2D eigenvalue weighted by atomic mass is 10.3. The number of likely N-dealkylation sites (tertiary alicyclic amines) is 1. The van der Waals surface area contributed by atoms with Crippen molar-refractivity contribution in [3.05, 3.63) is 0 Å². The van der Waals surface area contributed by atoms with E-state index in [1.807, 2.05) is 0 Å². The molecule has 2 nitrogen and oxygen atoms in total. The van der Waals surface area contributed by atoms with Gasteiger partial charge in [0.2, 0.25) is 5.91 Å². The van der Waals surface area contributed by atoms with E-state index in [0.717, 1.165) is 11.8 Å². The largest absolute Gasteiger partial charge is 0.408 e. The van der Waals surface area contributed by atoms with E-state index < -0.39 is 23.5 Å². The minimum atomic E-state index is -4.36. The van der Waals surface area contributed by atoms with Crippen LogP contribution in [-0.4, -0.2) is 34.9 Å². The summed E-state index contributed by atoms with van der Waals surface area (Å²) >= 11 is 5.57. The Morgan fingerprint density at radius 3 is 2.46 bits per heavy atom. The molecule has 1 aliphatic heterocycles. The van der Waals surface area contributed by atoms with Gasteiger partial charge in [-0.15, -0.1) is 11.6 Å². The summed E-state index contributed by atoms with van der Waals surface area (Å²) in [5.74, 6) is -0.523. The van der Waals surface area contributed by atoms with Crippen LogP contribution in [0.3, 0.4) is 0 Å². The molecule has 0 bridgehead atoms. The smallest absolute Gasteiger partial charge is 0.329 e. The minimum Gasteiger partial charge on any atom is -0.329 e. The predicted octanol–water partition coefficient (Wildman–Crippen LogP) is 1.78. The van der Waals surface area contributed by atoms with E-state index in [1.165, 1.54) is 0 Å². The van der Waals surface area contributed by atoms with Gasteiger partial charge in [0, 0.05) is 13.0 Å². The van der Waals surface area contributed by atoms with E-state index in [1.54, 1.807) is 0 Å². The molecule has 1 amide bonds. The average Bonchev–Trinajstić information content (AvgIpc) is 2.26. The van der Waals surface area contributed by atoms with Gasteiger partial charge in [-0.1, -0.05) is 0 Å². The Kier molecular flexibility index (Phi) is 2.75. The van der Waals surface area contributed by atoms with E-state index in [-0.39, 0.29) is 13.0 Å². The second-order valence-corrected chi connectivity index (χ2v) is 3.68. The first-order valence-electron chi connectivity index (χ1n) is 3.82. The number of hydrogen-bond acceptors (Lipinski definition) is 1. The number of carbonyl (C=O) groups is 1. The molecule has 2 atom stereocenters. The summed E-state index contributed by atoms with van der Waals surface area (Å²) < 4.78 is 36.5. The zero-order valence-electron chi connectivity index (χ0n) is 6.94. The van der Waals surface area contributed by atoms with Crippen molar-refractivity contribution in [2.45, 2.75) is 30.9 Å². The molecule has 0 spiro atoms. The molecule has 2 unspecified atom stereocenters. The number of hydrogen-bond donors (Lipinski definition) is 0. The molecular formula is C7H9ClF3NO. The van der Waals surface area contributed by atoms with Crippen molar-refractivity contribution in [3.63, 3.8) is 0 Å². The van der Waals surface area contributed by atoms with Crippen LogP contribution in [0.4, 0.5) is 13.2 Å². The zero-order chi connectivity index (χ0) is 10.2. The van der Waals surface area contributed by atoms with Gasteiger partial charge in [-0.2, -0.15) is 13.2 Å². The molecule has 0 radical (unpaired) electrons. The van der Waals surface area contributed by atoms with E-state index in [0.29, 0.717) is 0 Å². The number of rotatable bonds is 1. The summed E-state index contributed by atoms with van der Waals surface area (Å²) in [5, 5.41) is -0.489. The summed E-state index contributed by atoms with van der Waals surface area (Å²) in [6.45, 7) is 0.952. The van der Waals surface area contributed by atoms with Crippen molar-refractivity contribution >= 4 is 17.5 Å². The second-order valence-electron chi connectivity index (χ2n) is 3.07. The number of halogens is 4. The van der Waals surface area contributed by atoms with Crippen molar-refractivity contribution in [2.24, 2.45) is 0 Å². The Labute approximate surface area is 78.6 Å². The predicted molar refractivity (Wildman–Crippen MR) is 41.5 cm³/mol. The summed E-state index contributed by atoms with van der Waals surface area (Å²) in [6.07, 6.45) is -4.36. The first-order valence-corrected chi connectivity index (χ1v) is 4.26. The Bertz CT molecular complexity index is 218. The number of carbonyl (C=O) groups excluding carboxylic acids is 1. The first-order chi connectivity index (χ1) is 5.82. The third-order valence-corrected chi connectivity index (χ3v) is 2.34. The fraction of sp³-hybridized carbons (Fsp3) is 0.857. The van der Waals surface area contributed by atoms with Crippen LogP contribution in [0.5, 0.6) is 0 Å². The van der Waals surface area contributed by atoms with Crippen molar-refractivity contribution in [3.8, 4) is 0 Å². The molecule has 0 aromatic rings. The maximum Gasteiger partial charge on any atom is 0.408 e. The molecule has 1 heterocycles. The molecule has 0 aromatic heterocycles. The van der Waals surface area contributed by atoms with Gasteiger partial charge in [-0.05, 0) is 6.92 Å². The SMILES string of the molecule is CC(N1CC(Cl)CC1=O)C(F)(F)F. The van der Waals surface area contributed by atoms with E-state index in [9.17, 15) is 18.0 Å². The molecule has 1 saturated heterocycles.